The topological polar surface area (TPSA) is 59.2 Å². The summed E-state index contributed by atoms with van der Waals surface area (Å²) in [4.78, 5) is 17.0. The maximum Gasteiger partial charge on any atom is 0.417 e. The summed E-state index contributed by atoms with van der Waals surface area (Å²) in [6, 6.07) is 2.01. The molecule has 2 aromatic rings. The second-order valence-electron chi connectivity index (χ2n) is 4.28. The predicted octanol–water partition coefficient (Wildman–Crippen LogP) is 2.93. The first-order valence-corrected chi connectivity index (χ1v) is 6.09. The molecule has 0 unspecified atom stereocenters. The Kier molecular flexibility index (Phi) is 3.97. The molecule has 0 fully saturated rings. The van der Waals surface area contributed by atoms with E-state index in [4.69, 9.17) is 4.52 Å². The lowest BCUT2D eigenvalue weighted by Gasteiger charge is -2.16. The first-order valence-electron chi connectivity index (χ1n) is 6.09. The minimum Gasteiger partial charge on any atom is -0.361 e. The molecule has 1 amide bonds. The highest BCUT2D eigenvalue weighted by molar-refractivity contribution is 6.05. The van der Waals surface area contributed by atoms with Crippen molar-refractivity contribution >= 4 is 11.7 Å². The van der Waals surface area contributed by atoms with Gasteiger partial charge in [-0.05, 0) is 12.1 Å². The normalized spacial score (nSPS) is 11.5. The Morgan fingerprint density at radius 1 is 1.33 bits per heavy atom. The van der Waals surface area contributed by atoms with Gasteiger partial charge >= 0.3 is 6.18 Å². The highest BCUT2D eigenvalue weighted by atomic mass is 19.4. The molecule has 0 saturated heterocycles. The van der Waals surface area contributed by atoms with Crippen LogP contribution in [0.2, 0.25) is 0 Å². The molecule has 2 rings (SSSR count). The van der Waals surface area contributed by atoms with Gasteiger partial charge in [-0.2, -0.15) is 13.2 Å². The van der Waals surface area contributed by atoms with Crippen LogP contribution in [0, 0.1) is 0 Å². The van der Waals surface area contributed by atoms with Crippen LogP contribution in [-0.4, -0.2) is 23.1 Å². The fourth-order valence-electron chi connectivity index (χ4n) is 1.73. The van der Waals surface area contributed by atoms with E-state index < -0.39 is 17.6 Å². The first kappa shape index (κ1) is 15.0. The van der Waals surface area contributed by atoms with E-state index in [0.717, 1.165) is 17.0 Å². The summed E-state index contributed by atoms with van der Waals surface area (Å²) in [5.74, 6) is 0.0790. The van der Waals surface area contributed by atoms with Gasteiger partial charge in [0.25, 0.3) is 5.91 Å². The van der Waals surface area contributed by atoms with E-state index in [0.29, 0.717) is 18.4 Å². The van der Waals surface area contributed by atoms with Crippen molar-refractivity contribution in [2.75, 3.05) is 11.9 Å². The molecule has 5 nitrogen and oxygen atoms in total. The number of nitrogens with zero attached hydrogens (tertiary/aromatic N) is 3. The van der Waals surface area contributed by atoms with Crippen LogP contribution in [0.1, 0.15) is 28.6 Å². The van der Waals surface area contributed by atoms with Gasteiger partial charge in [-0.1, -0.05) is 12.1 Å². The molecule has 0 aliphatic rings. The van der Waals surface area contributed by atoms with Gasteiger partial charge in [-0.15, -0.1) is 0 Å². The molecule has 0 spiro atoms. The van der Waals surface area contributed by atoms with Gasteiger partial charge in [0, 0.05) is 19.7 Å². The van der Waals surface area contributed by atoms with Gasteiger partial charge < -0.3 is 4.52 Å². The number of anilines is 1. The van der Waals surface area contributed by atoms with Crippen LogP contribution < -0.4 is 4.90 Å². The fourth-order valence-corrected chi connectivity index (χ4v) is 1.73. The largest absolute Gasteiger partial charge is 0.417 e. The molecule has 0 saturated carbocycles. The Hall–Kier alpha value is -2.38. The minimum atomic E-state index is -4.46. The monoisotopic (exact) mass is 299 g/mol. The molecule has 0 aromatic carbocycles. The molecule has 0 bridgehead atoms. The van der Waals surface area contributed by atoms with Crippen LogP contribution in [0.5, 0.6) is 0 Å². The van der Waals surface area contributed by atoms with E-state index in [1.165, 1.54) is 13.2 Å². The van der Waals surface area contributed by atoms with Crippen molar-refractivity contribution in [2.24, 2.45) is 0 Å². The van der Waals surface area contributed by atoms with E-state index >= 15 is 0 Å². The van der Waals surface area contributed by atoms with E-state index in [1.807, 2.05) is 0 Å². The molecule has 0 N–H and O–H groups in total. The van der Waals surface area contributed by atoms with Crippen LogP contribution in [0.4, 0.5) is 19.0 Å². The number of hydrogen-bond acceptors (Lipinski definition) is 4. The minimum absolute atomic E-state index is 0.108. The Morgan fingerprint density at radius 2 is 2.05 bits per heavy atom. The Balaban J connectivity index is 2.24. The van der Waals surface area contributed by atoms with Gasteiger partial charge in [0.1, 0.15) is 17.1 Å². The average molecular weight is 299 g/mol. The van der Waals surface area contributed by atoms with E-state index in [-0.39, 0.29) is 11.4 Å². The standard InChI is InChI=1S/C13H12F3N3O2/c1-3-10-9(7-18-21-10)12(20)19(2)11-5-4-8(6-17-11)13(14,15)16/h4-7H,3H2,1-2H3. The van der Waals surface area contributed by atoms with Gasteiger partial charge in [0.05, 0.1) is 11.8 Å². The molecular formula is C13H12F3N3O2. The number of carbonyl (C=O) groups is 1. The summed E-state index contributed by atoms with van der Waals surface area (Å²) in [6.45, 7) is 1.80. The Morgan fingerprint density at radius 3 is 2.57 bits per heavy atom. The summed E-state index contributed by atoms with van der Waals surface area (Å²) < 4.78 is 42.3. The predicted molar refractivity (Wildman–Crippen MR) is 67.9 cm³/mol. The zero-order valence-electron chi connectivity index (χ0n) is 11.3. The van der Waals surface area contributed by atoms with Gasteiger partial charge in [-0.3, -0.25) is 9.69 Å². The van der Waals surface area contributed by atoms with Crippen LogP contribution in [0.15, 0.2) is 29.0 Å². The third-order valence-electron chi connectivity index (χ3n) is 2.92. The third-order valence-corrected chi connectivity index (χ3v) is 2.92. The molecule has 2 aromatic heterocycles. The number of hydrogen-bond donors (Lipinski definition) is 0. The van der Waals surface area contributed by atoms with Gasteiger partial charge in [0.2, 0.25) is 0 Å². The molecule has 0 radical (unpaired) electrons. The number of aromatic nitrogens is 2. The molecule has 0 aliphatic carbocycles. The van der Waals surface area contributed by atoms with Gasteiger partial charge in [0.15, 0.2) is 0 Å². The second-order valence-corrected chi connectivity index (χ2v) is 4.28. The average Bonchev–Trinajstić information content (AvgIpc) is 2.93. The maximum atomic E-state index is 12.5. The van der Waals surface area contributed by atoms with Crippen molar-refractivity contribution in [1.29, 1.82) is 0 Å². The quantitative estimate of drug-likeness (QED) is 0.874. The highest BCUT2D eigenvalue weighted by Crippen LogP contribution is 2.29. The zero-order chi connectivity index (χ0) is 15.6. The summed E-state index contributed by atoms with van der Waals surface area (Å²) in [5, 5.41) is 3.54. The summed E-state index contributed by atoms with van der Waals surface area (Å²) in [5.41, 5.74) is -0.604. The second kappa shape index (κ2) is 5.55. The summed E-state index contributed by atoms with van der Waals surface area (Å²) in [6.07, 6.45) is -2.01. The van der Waals surface area contributed by atoms with E-state index in [9.17, 15) is 18.0 Å². The van der Waals surface area contributed by atoms with E-state index in [2.05, 4.69) is 10.1 Å². The van der Waals surface area contributed by atoms with Crippen LogP contribution in [0.3, 0.4) is 0 Å². The Labute approximate surface area is 118 Å². The number of halogens is 3. The summed E-state index contributed by atoms with van der Waals surface area (Å²) >= 11 is 0. The van der Waals surface area contributed by atoms with Crippen molar-refractivity contribution in [3.8, 4) is 0 Å². The van der Waals surface area contributed by atoms with Crippen molar-refractivity contribution in [2.45, 2.75) is 19.5 Å². The lowest BCUT2D eigenvalue weighted by atomic mass is 10.2. The SMILES string of the molecule is CCc1oncc1C(=O)N(C)c1ccc(C(F)(F)F)cn1. The third kappa shape index (κ3) is 3.04. The Bertz CT molecular complexity index is 635. The molecule has 112 valence electrons. The summed E-state index contributed by atoms with van der Waals surface area (Å²) in [7, 11) is 1.42. The molecule has 2 heterocycles. The number of aryl methyl sites for hydroxylation is 1. The zero-order valence-corrected chi connectivity index (χ0v) is 11.3. The lowest BCUT2D eigenvalue weighted by Crippen LogP contribution is -2.27. The van der Waals surface area contributed by atoms with E-state index in [1.54, 1.807) is 6.92 Å². The van der Waals surface area contributed by atoms with Crippen molar-refractivity contribution in [3.63, 3.8) is 0 Å². The number of amides is 1. The number of alkyl halides is 3. The number of carbonyl (C=O) groups excluding carboxylic acids is 1. The van der Waals surface area contributed by atoms with Crippen molar-refractivity contribution in [3.05, 3.63) is 41.4 Å². The highest BCUT2D eigenvalue weighted by Gasteiger charge is 2.31. The first-order chi connectivity index (χ1) is 9.84. The molecule has 8 heteroatoms. The van der Waals surface area contributed by atoms with Crippen LogP contribution in [-0.2, 0) is 12.6 Å². The molecular weight excluding hydrogens is 287 g/mol. The van der Waals surface area contributed by atoms with Crippen LogP contribution >= 0.6 is 0 Å². The smallest absolute Gasteiger partial charge is 0.361 e. The van der Waals surface area contributed by atoms with Crippen molar-refractivity contribution < 1.29 is 22.5 Å². The van der Waals surface area contributed by atoms with Gasteiger partial charge in [-0.25, -0.2) is 4.98 Å². The van der Waals surface area contributed by atoms with Crippen molar-refractivity contribution in [1.82, 2.24) is 10.1 Å². The number of pyridine rings is 1. The molecule has 0 aliphatic heterocycles. The number of rotatable bonds is 3. The fraction of sp³-hybridized carbons (Fsp3) is 0.308. The lowest BCUT2D eigenvalue weighted by molar-refractivity contribution is -0.137. The van der Waals surface area contributed by atoms with Crippen LogP contribution in [0.25, 0.3) is 0 Å². The molecule has 21 heavy (non-hydrogen) atoms. The molecule has 0 atom stereocenters. The maximum absolute atomic E-state index is 12.5.